The van der Waals surface area contributed by atoms with E-state index in [-0.39, 0.29) is 0 Å². The minimum Gasteiger partial charge on any atom is -0.467 e. The summed E-state index contributed by atoms with van der Waals surface area (Å²) < 4.78 is 10.9. The molecule has 0 aliphatic carbocycles. The molecule has 1 saturated heterocycles. The molecule has 21 heavy (non-hydrogen) atoms. The molecule has 2 aromatic heterocycles. The maximum atomic E-state index is 10.3. The van der Waals surface area contributed by atoms with Crippen LogP contribution in [0.4, 0.5) is 0 Å². The Balaban J connectivity index is 1.64. The molecule has 1 aliphatic rings. The quantitative estimate of drug-likeness (QED) is 0.914. The van der Waals surface area contributed by atoms with Crippen molar-refractivity contribution in [1.82, 2.24) is 4.90 Å². The number of rotatable bonds is 5. The standard InChI is InChI=1S/C17H23NO3/c1-12-9-14(13(2)21-12)11-18-7-3-5-15(18)10-16(19)17-6-4-8-20-17/h4,6,8-9,15-16,19H,3,5,7,10-11H2,1-2H3. The summed E-state index contributed by atoms with van der Waals surface area (Å²) in [4.78, 5) is 2.45. The van der Waals surface area contributed by atoms with Gasteiger partial charge in [-0.3, -0.25) is 4.90 Å². The average Bonchev–Trinajstić information content (AvgIpc) is 3.14. The largest absolute Gasteiger partial charge is 0.467 e. The van der Waals surface area contributed by atoms with Crippen LogP contribution in [0.3, 0.4) is 0 Å². The Morgan fingerprint density at radius 1 is 1.43 bits per heavy atom. The van der Waals surface area contributed by atoms with Crippen molar-refractivity contribution in [2.24, 2.45) is 0 Å². The van der Waals surface area contributed by atoms with Gasteiger partial charge < -0.3 is 13.9 Å². The molecule has 0 spiro atoms. The highest BCUT2D eigenvalue weighted by Crippen LogP contribution is 2.29. The lowest BCUT2D eigenvalue weighted by atomic mass is 10.0. The maximum Gasteiger partial charge on any atom is 0.132 e. The van der Waals surface area contributed by atoms with Gasteiger partial charge in [0.25, 0.3) is 0 Å². The van der Waals surface area contributed by atoms with E-state index >= 15 is 0 Å². The number of likely N-dealkylation sites (tertiary alicyclic amines) is 1. The molecule has 4 nitrogen and oxygen atoms in total. The summed E-state index contributed by atoms with van der Waals surface area (Å²) in [5, 5.41) is 10.3. The number of hydrogen-bond acceptors (Lipinski definition) is 4. The number of furan rings is 2. The summed E-state index contributed by atoms with van der Waals surface area (Å²) in [6.07, 6.45) is 4.14. The van der Waals surface area contributed by atoms with E-state index < -0.39 is 6.10 Å². The number of nitrogens with zero attached hydrogens (tertiary/aromatic N) is 1. The van der Waals surface area contributed by atoms with E-state index in [1.807, 2.05) is 26.0 Å². The third-order valence-electron chi connectivity index (χ3n) is 4.38. The molecule has 0 aromatic carbocycles. The van der Waals surface area contributed by atoms with Crippen molar-refractivity contribution in [1.29, 1.82) is 0 Å². The Bertz CT molecular complexity index is 573. The summed E-state index contributed by atoms with van der Waals surface area (Å²) in [7, 11) is 0. The summed E-state index contributed by atoms with van der Waals surface area (Å²) in [6.45, 7) is 5.99. The SMILES string of the molecule is Cc1cc(CN2CCCC2CC(O)c2ccco2)c(C)o1. The fourth-order valence-electron chi connectivity index (χ4n) is 3.28. The van der Waals surface area contributed by atoms with Gasteiger partial charge in [0, 0.05) is 18.2 Å². The number of aliphatic hydroxyl groups excluding tert-OH is 1. The average molecular weight is 289 g/mol. The molecule has 0 amide bonds. The van der Waals surface area contributed by atoms with Crippen LogP contribution < -0.4 is 0 Å². The van der Waals surface area contributed by atoms with Crippen LogP contribution in [0.1, 0.15) is 48.2 Å². The predicted octanol–water partition coefficient (Wildman–Crippen LogP) is 3.58. The van der Waals surface area contributed by atoms with E-state index in [1.54, 1.807) is 6.26 Å². The monoisotopic (exact) mass is 289 g/mol. The lowest BCUT2D eigenvalue weighted by molar-refractivity contribution is 0.0994. The van der Waals surface area contributed by atoms with Crippen molar-refractivity contribution in [2.45, 2.75) is 51.8 Å². The van der Waals surface area contributed by atoms with Crippen molar-refractivity contribution in [2.75, 3.05) is 6.54 Å². The van der Waals surface area contributed by atoms with Crippen LogP contribution in [0, 0.1) is 13.8 Å². The first-order valence-corrected chi connectivity index (χ1v) is 7.65. The van der Waals surface area contributed by atoms with E-state index in [4.69, 9.17) is 8.83 Å². The molecular weight excluding hydrogens is 266 g/mol. The molecule has 1 fully saturated rings. The van der Waals surface area contributed by atoms with Gasteiger partial charge >= 0.3 is 0 Å². The minimum absolute atomic E-state index is 0.403. The lowest BCUT2D eigenvalue weighted by Crippen LogP contribution is -2.30. The molecule has 1 N–H and O–H groups in total. The van der Waals surface area contributed by atoms with Gasteiger partial charge in [0.15, 0.2) is 0 Å². The Hall–Kier alpha value is -1.52. The molecule has 2 atom stereocenters. The van der Waals surface area contributed by atoms with Gasteiger partial charge in [0.2, 0.25) is 0 Å². The zero-order valence-corrected chi connectivity index (χ0v) is 12.7. The highest BCUT2D eigenvalue weighted by atomic mass is 16.4. The fraction of sp³-hybridized carbons (Fsp3) is 0.529. The molecule has 2 unspecified atom stereocenters. The van der Waals surface area contributed by atoms with Crippen LogP contribution in [0.2, 0.25) is 0 Å². The van der Waals surface area contributed by atoms with E-state index in [0.29, 0.717) is 11.8 Å². The highest BCUT2D eigenvalue weighted by Gasteiger charge is 2.28. The summed E-state index contributed by atoms with van der Waals surface area (Å²) >= 11 is 0. The van der Waals surface area contributed by atoms with E-state index in [9.17, 15) is 5.11 Å². The van der Waals surface area contributed by atoms with Crippen LogP contribution in [0.5, 0.6) is 0 Å². The lowest BCUT2D eigenvalue weighted by Gasteiger charge is -2.25. The van der Waals surface area contributed by atoms with Crippen LogP contribution in [0.15, 0.2) is 33.3 Å². The third kappa shape index (κ3) is 3.22. The molecule has 0 bridgehead atoms. The van der Waals surface area contributed by atoms with E-state index in [0.717, 1.165) is 37.5 Å². The molecular formula is C17H23NO3. The summed E-state index contributed by atoms with van der Waals surface area (Å²) in [5.41, 5.74) is 1.26. The zero-order valence-electron chi connectivity index (χ0n) is 12.7. The van der Waals surface area contributed by atoms with Crippen molar-refractivity contribution >= 4 is 0 Å². The molecule has 3 rings (SSSR count). The maximum absolute atomic E-state index is 10.3. The second-order valence-electron chi connectivity index (χ2n) is 5.97. The smallest absolute Gasteiger partial charge is 0.132 e. The molecule has 2 aromatic rings. The van der Waals surface area contributed by atoms with Crippen molar-refractivity contribution in [3.05, 3.63) is 47.3 Å². The topological polar surface area (TPSA) is 49.8 Å². The van der Waals surface area contributed by atoms with Gasteiger partial charge in [0.1, 0.15) is 23.4 Å². The van der Waals surface area contributed by atoms with Gasteiger partial charge in [0.05, 0.1) is 6.26 Å². The normalized spacial score (nSPS) is 21.0. The van der Waals surface area contributed by atoms with Crippen molar-refractivity contribution in [3.63, 3.8) is 0 Å². The fourth-order valence-corrected chi connectivity index (χ4v) is 3.28. The molecule has 3 heterocycles. The molecule has 1 aliphatic heterocycles. The third-order valence-corrected chi connectivity index (χ3v) is 4.38. The van der Waals surface area contributed by atoms with E-state index in [1.165, 1.54) is 12.0 Å². The van der Waals surface area contributed by atoms with Crippen LogP contribution in [-0.4, -0.2) is 22.6 Å². The molecule has 0 radical (unpaired) electrons. The molecule has 0 saturated carbocycles. The Morgan fingerprint density at radius 2 is 2.29 bits per heavy atom. The first-order valence-electron chi connectivity index (χ1n) is 7.65. The molecule has 4 heteroatoms. The number of aliphatic hydroxyl groups is 1. The zero-order chi connectivity index (χ0) is 14.8. The Kier molecular flexibility index (Phi) is 4.17. The Morgan fingerprint density at radius 3 is 2.95 bits per heavy atom. The van der Waals surface area contributed by atoms with Crippen molar-refractivity contribution < 1.29 is 13.9 Å². The first-order chi connectivity index (χ1) is 10.1. The van der Waals surface area contributed by atoms with Crippen LogP contribution >= 0.6 is 0 Å². The van der Waals surface area contributed by atoms with Gasteiger partial charge in [-0.15, -0.1) is 0 Å². The van der Waals surface area contributed by atoms with Crippen molar-refractivity contribution in [3.8, 4) is 0 Å². The summed E-state index contributed by atoms with van der Waals surface area (Å²) in [6, 6.07) is 6.18. The molecule has 114 valence electrons. The number of hydrogen-bond donors (Lipinski definition) is 1. The van der Waals surface area contributed by atoms with Gasteiger partial charge in [-0.25, -0.2) is 0 Å². The van der Waals surface area contributed by atoms with Gasteiger partial charge in [-0.05, 0) is 57.9 Å². The predicted molar refractivity (Wildman–Crippen MR) is 79.9 cm³/mol. The summed E-state index contributed by atoms with van der Waals surface area (Å²) in [5.74, 6) is 2.63. The first kappa shape index (κ1) is 14.4. The van der Waals surface area contributed by atoms with Gasteiger partial charge in [-0.2, -0.15) is 0 Å². The van der Waals surface area contributed by atoms with E-state index in [2.05, 4.69) is 11.0 Å². The van der Waals surface area contributed by atoms with Gasteiger partial charge in [-0.1, -0.05) is 0 Å². The highest BCUT2D eigenvalue weighted by molar-refractivity contribution is 5.20. The Labute approximate surface area is 125 Å². The van der Waals surface area contributed by atoms with Crippen LogP contribution in [-0.2, 0) is 6.54 Å². The van der Waals surface area contributed by atoms with Crippen LogP contribution in [0.25, 0.3) is 0 Å². The number of aryl methyl sites for hydroxylation is 2. The second-order valence-corrected chi connectivity index (χ2v) is 5.97. The second kappa shape index (κ2) is 6.08. The minimum atomic E-state index is -0.516.